The van der Waals surface area contributed by atoms with Gasteiger partial charge in [-0.2, -0.15) is 13.2 Å². The van der Waals surface area contributed by atoms with E-state index in [0.29, 0.717) is 6.42 Å². The van der Waals surface area contributed by atoms with Crippen molar-refractivity contribution in [3.05, 3.63) is 35.9 Å². The molecule has 26 heavy (non-hydrogen) atoms. The number of hydrogen-bond donors (Lipinski definition) is 2. The molecule has 1 aromatic rings. The Morgan fingerprint density at radius 3 is 1.96 bits per heavy atom. The third-order valence-corrected chi connectivity index (χ3v) is 3.91. The molecule has 0 aliphatic carbocycles. The molecule has 0 fully saturated rings. The van der Waals surface area contributed by atoms with Crippen molar-refractivity contribution in [3.63, 3.8) is 0 Å². The fourth-order valence-electron chi connectivity index (χ4n) is 2.93. The highest BCUT2D eigenvalue weighted by molar-refractivity contribution is 5.93. The third-order valence-electron chi connectivity index (χ3n) is 3.91. The van der Waals surface area contributed by atoms with Crippen LogP contribution in [0.5, 0.6) is 0 Å². The molecule has 0 bridgehead atoms. The fourth-order valence-corrected chi connectivity index (χ4v) is 2.93. The lowest BCUT2D eigenvalue weighted by Crippen LogP contribution is -2.63. The summed E-state index contributed by atoms with van der Waals surface area (Å²) in [6.07, 6.45) is -4.45. The molecular weight excluding hydrogens is 345 g/mol. The molecule has 1 rings (SSSR count). The molecule has 7 heteroatoms. The number of benzene rings is 1. The van der Waals surface area contributed by atoms with Crippen LogP contribution in [0.25, 0.3) is 0 Å². The van der Waals surface area contributed by atoms with Crippen molar-refractivity contribution in [2.45, 2.75) is 64.7 Å². The number of carbonyl (C=O) groups excluding carboxylic acids is 2. The molecule has 0 aromatic heterocycles. The summed E-state index contributed by atoms with van der Waals surface area (Å²) in [5.74, 6) is -2.84. The maximum absolute atomic E-state index is 12.8. The Hall–Kier alpha value is -2.05. The minimum atomic E-state index is -5.04. The van der Waals surface area contributed by atoms with Gasteiger partial charge in [0.1, 0.15) is 5.54 Å². The monoisotopic (exact) mass is 372 g/mol. The number of alkyl halides is 3. The molecule has 1 atom stereocenters. The molecule has 146 valence electrons. The van der Waals surface area contributed by atoms with Crippen LogP contribution < -0.4 is 10.6 Å². The first-order chi connectivity index (χ1) is 11.8. The van der Waals surface area contributed by atoms with E-state index in [1.54, 1.807) is 27.7 Å². The summed E-state index contributed by atoms with van der Waals surface area (Å²) in [6.45, 7) is 8.46. The van der Waals surface area contributed by atoms with E-state index in [-0.39, 0.29) is 12.3 Å². The quantitative estimate of drug-likeness (QED) is 0.768. The van der Waals surface area contributed by atoms with Crippen LogP contribution in [-0.2, 0) is 16.0 Å². The van der Waals surface area contributed by atoms with Crippen molar-refractivity contribution in [3.8, 4) is 0 Å². The number of hydrogen-bond acceptors (Lipinski definition) is 2. The normalized spacial score (nSPS) is 14.7. The summed E-state index contributed by atoms with van der Waals surface area (Å²) >= 11 is 0. The first-order valence-corrected chi connectivity index (χ1v) is 8.51. The third kappa shape index (κ3) is 6.69. The van der Waals surface area contributed by atoms with Gasteiger partial charge in [0.25, 0.3) is 0 Å². The number of amides is 2. The highest BCUT2D eigenvalue weighted by atomic mass is 19.4. The van der Waals surface area contributed by atoms with Crippen LogP contribution in [0.15, 0.2) is 30.3 Å². The molecule has 0 saturated carbocycles. The molecular formula is C19H27F3N2O2. The first kappa shape index (κ1) is 22.0. The zero-order chi connectivity index (χ0) is 20.2. The molecule has 0 saturated heterocycles. The van der Waals surface area contributed by atoms with Crippen molar-refractivity contribution >= 4 is 11.8 Å². The molecule has 1 aromatic carbocycles. The first-order valence-electron chi connectivity index (χ1n) is 8.51. The van der Waals surface area contributed by atoms with Crippen LogP contribution in [0, 0.1) is 5.92 Å². The lowest BCUT2D eigenvalue weighted by Gasteiger charge is -2.36. The summed E-state index contributed by atoms with van der Waals surface area (Å²) in [4.78, 5) is 24.2. The van der Waals surface area contributed by atoms with Crippen LogP contribution >= 0.6 is 0 Å². The molecule has 2 amide bonds. The SMILES string of the molecule is CC(C)C[C@](C)(NC(=O)C(F)(F)F)C(=O)NC(C)(C)Cc1ccccc1. The van der Waals surface area contributed by atoms with Gasteiger partial charge in [0.05, 0.1) is 0 Å². The van der Waals surface area contributed by atoms with Gasteiger partial charge in [-0.25, -0.2) is 0 Å². The predicted octanol–water partition coefficient (Wildman–Crippen LogP) is 3.61. The lowest BCUT2D eigenvalue weighted by atomic mass is 9.87. The molecule has 0 heterocycles. The number of carbonyl (C=O) groups is 2. The van der Waals surface area contributed by atoms with Crippen LogP contribution in [0.4, 0.5) is 13.2 Å². The standard InChI is InChI=1S/C19H27F3N2O2/c1-13(2)11-18(5,24-16(26)19(20,21)22)15(25)23-17(3,4)12-14-9-7-6-8-10-14/h6-10,13H,11-12H2,1-5H3,(H,23,25)(H,24,26)/t18-/m0/s1. The fraction of sp³-hybridized carbons (Fsp3) is 0.579. The maximum Gasteiger partial charge on any atom is 0.471 e. The minimum absolute atomic E-state index is 0.0854. The van der Waals surface area contributed by atoms with E-state index in [1.807, 2.05) is 35.6 Å². The van der Waals surface area contributed by atoms with E-state index in [4.69, 9.17) is 0 Å². The van der Waals surface area contributed by atoms with Gasteiger partial charge in [-0.15, -0.1) is 0 Å². The Morgan fingerprint density at radius 1 is 0.962 bits per heavy atom. The summed E-state index contributed by atoms with van der Waals surface area (Å²) in [7, 11) is 0. The van der Waals surface area contributed by atoms with Crippen LogP contribution in [0.1, 0.15) is 46.6 Å². The van der Waals surface area contributed by atoms with Crippen molar-refractivity contribution < 1.29 is 22.8 Å². The Balaban J connectivity index is 2.95. The summed E-state index contributed by atoms with van der Waals surface area (Å²) < 4.78 is 38.0. The highest BCUT2D eigenvalue weighted by Crippen LogP contribution is 2.23. The van der Waals surface area contributed by atoms with Crippen LogP contribution in [0.2, 0.25) is 0 Å². The molecule has 2 N–H and O–H groups in total. The predicted molar refractivity (Wildman–Crippen MR) is 94.4 cm³/mol. The molecule has 0 aliphatic heterocycles. The van der Waals surface area contributed by atoms with Gasteiger partial charge >= 0.3 is 12.1 Å². The molecule has 0 spiro atoms. The lowest BCUT2D eigenvalue weighted by molar-refractivity contribution is -0.176. The molecule has 0 radical (unpaired) electrons. The van der Waals surface area contributed by atoms with E-state index in [1.165, 1.54) is 6.92 Å². The second-order valence-corrected chi connectivity index (χ2v) is 7.88. The summed E-state index contributed by atoms with van der Waals surface area (Å²) in [5, 5.41) is 4.66. The zero-order valence-corrected chi connectivity index (χ0v) is 15.8. The van der Waals surface area contributed by atoms with Gasteiger partial charge < -0.3 is 10.6 Å². The van der Waals surface area contributed by atoms with Crippen molar-refractivity contribution in [2.75, 3.05) is 0 Å². The Kier molecular flexibility index (Phi) is 6.85. The smallest absolute Gasteiger partial charge is 0.349 e. The van der Waals surface area contributed by atoms with Crippen LogP contribution in [-0.4, -0.2) is 29.1 Å². The zero-order valence-electron chi connectivity index (χ0n) is 15.8. The van der Waals surface area contributed by atoms with Gasteiger partial charge in [0.15, 0.2) is 0 Å². The number of halogens is 3. The number of rotatable bonds is 7. The molecule has 4 nitrogen and oxygen atoms in total. The second-order valence-electron chi connectivity index (χ2n) is 7.88. The van der Waals surface area contributed by atoms with E-state index >= 15 is 0 Å². The average Bonchev–Trinajstić information content (AvgIpc) is 2.45. The highest BCUT2D eigenvalue weighted by Gasteiger charge is 2.46. The number of nitrogens with one attached hydrogen (secondary N) is 2. The topological polar surface area (TPSA) is 58.2 Å². The summed E-state index contributed by atoms with van der Waals surface area (Å²) in [5.41, 5.74) is -1.36. The minimum Gasteiger partial charge on any atom is -0.349 e. The van der Waals surface area contributed by atoms with E-state index in [9.17, 15) is 22.8 Å². The van der Waals surface area contributed by atoms with Gasteiger partial charge in [-0.3, -0.25) is 9.59 Å². The summed E-state index contributed by atoms with van der Waals surface area (Å²) in [6, 6.07) is 9.44. The Bertz CT molecular complexity index is 627. The van der Waals surface area contributed by atoms with E-state index in [0.717, 1.165) is 5.56 Å². The maximum atomic E-state index is 12.8. The average molecular weight is 372 g/mol. The van der Waals surface area contributed by atoms with Gasteiger partial charge in [0.2, 0.25) is 5.91 Å². The van der Waals surface area contributed by atoms with E-state index in [2.05, 4.69) is 5.32 Å². The van der Waals surface area contributed by atoms with Crippen molar-refractivity contribution in [1.82, 2.24) is 10.6 Å². The van der Waals surface area contributed by atoms with E-state index < -0.39 is 29.1 Å². The van der Waals surface area contributed by atoms with Gasteiger partial charge in [-0.1, -0.05) is 44.2 Å². The Labute approximate surface area is 152 Å². The van der Waals surface area contributed by atoms with Gasteiger partial charge in [-0.05, 0) is 45.1 Å². The van der Waals surface area contributed by atoms with Crippen molar-refractivity contribution in [1.29, 1.82) is 0 Å². The largest absolute Gasteiger partial charge is 0.471 e. The molecule has 0 unspecified atom stereocenters. The Morgan fingerprint density at radius 2 is 1.50 bits per heavy atom. The van der Waals surface area contributed by atoms with Crippen molar-refractivity contribution in [2.24, 2.45) is 5.92 Å². The second kappa shape index (κ2) is 8.10. The van der Waals surface area contributed by atoms with Gasteiger partial charge in [0, 0.05) is 5.54 Å². The molecule has 0 aliphatic rings. The van der Waals surface area contributed by atoms with Crippen LogP contribution in [0.3, 0.4) is 0 Å².